The van der Waals surface area contributed by atoms with Crippen molar-refractivity contribution in [3.8, 4) is 5.75 Å². The van der Waals surface area contributed by atoms with Crippen LogP contribution in [0.5, 0.6) is 5.75 Å². The molecular weight excluding hydrogens is 367 g/mol. The van der Waals surface area contributed by atoms with E-state index >= 15 is 0 Å². The maximum atomic E-state index is 13.0. The number of rotatable bonds is 7. The lowest BCUT2D eigenvalue weighted by Gasteiger charge is -2.21. The van der Waals surface area contributed by atoms with Crippen molar-refractivity contribution in [1.29, 1.82) is 0 Å². The number of hydrogen-bond acceptors (Lipinski definition) is 4. The van der Waals surface area contributed by atoms with Crippen LogP contribution in [0.2, 0.25) is 0 Å². The van der Waals surface area contributed by atoms with Gasteiger partial charge in [-0.1, -0.05) is 13.8 Å². The molecule has 128 valence electrons. The first-order valence-corrected chi connectivity index (χ1v) is 8.28. The van der Waals surface area contributed by atoms with Gasteiger partial charge in [0.2, 0.25) is 0 Å². The number of hydrogen-bond donors (Lipinski definition) is 0. The van der Waals surface area contributed by atoms with Crippen molar-refractivity contribution in [1.82, 2.24) is 0 Å². The minimum atomic E-state index is -1.44. The molecule has 1 rings (SSSR count). The van der Waals surface area contributed by atoms with E-state index in [4.69, 9.17) is 9.47 Å². The molecule has 6 heteroatoms. The largest absolute Gasteiger partial charge is 0.465 e. The normalized spacial score (nSPS) is 11.4. The molecule has 0 aliphatic heterocycles. The third kappa shape index (κ3) is 5.94. The fourth-order valence-corrected chi connectivity index (χ4v) is 2.14. The van der Waals surface area contributed by atoms with Crippen molar-refractivity contribution in [2.45, 2.75) is 40.5 Å². The average Bonchev–Trinajstić information content (AvgIpc) is 2.45. The van der Waals surface area contributed by atoms with Gasteiger partial charge in [-0.3, -0.25) is 9.59 Å². The highest BCUT2D eigenvalue weighted by molar-refractivity contribution is 9.10. The molecule has 0 spiro atoms. The summed E-state index contributed by atoms with van der Waals surface area (Å²) in [6, 6.07) is 3.67. The lowest BCUT2D eigenvalue weighted by Crippen LogP contribution is -2.38. The Morgan fingerprint density at radius 1 is 1.26 bits per heavy atom. The Hall–Kier alpha value is -1.43. The molecule has 1 aromatic carbocycles. The monoisotopic (exact) mass is 388 g/mol. The second kappa shape index (κ2) is 8.43. The predicted octanol–water partition coefficient (Wildman–Crippen LogP) is 4.50. The number of carbonyl (C=O) groups is 2. The van der Waals surface area contributed by atoms with E-state index in [-0.39, 0.29) is 12.4 Å². The van der Waals surface area contributed by atoms with Crippen LogP contribution in [0.3, 0.4) is 0 Å². The molecule has 0 aliphatic carbocycles. The summed E-state index contributed by atoms with van der Waals surface area (Å²) in [5, 5.41) is 0. The molecule has 0 atom stereocenters. The maximum Gasteiger partial charge on any atom is 0.328 e. The Morgan fingerprint density at radius 3 is 2.48 bits per heavy atom. The van der Waals surface area contributed by atoms with Crippen molar-refractivity contribution in [2.75, 3.05) is 6.61 Å². The first kappa shape index (κ1) is 19.6. The van der Waals surface area contributed by atoms with Crippen LogP contribution in [-0.4, -0.2) is 18.5 Å². The Balaban J connectivity index is 2.63. The summed E-state index contributed by atoms with van der Waals surface area (Å²) < 4.78 is 23.7. The minimum absolute atomic E-state index is 0.150. The van der Waals surface area contributed by atoms with Crippen LogP contribution in [0, 0.1) is 17.2 Å². The number of ether oxygens (including phenoxy) is 2. The number of carbonyl (C=O) groups excluding carboxylic acids is 2. The number of esters is 2. The van der Waals surface area contributed by atoms with Gasteiger partial charge < -0.3 is 9.47 Å². The molecule has 0 saturated heterocycles. The van der Waals surface area contributed by atoms with E-state index < -0.39 is 23.2 Å². The predicted molar refractivity (Wildman–Crippen MR) is 88.5 cm³/mol. The van der Waals surface area contributed by atoms with Gasteiger partial charge in [-0.25, -0.2) is 4.39 Å². The summed E-state index contributed by atoms with van der Waals surface area (Å²) >= 11 is 3.11. The number of benzene rings is 1. The van der Waals surface area contributed by atoms with Gasteiger partial charge in [0.25, 0.3) is 0 Å². The smallest absolute Gasteiger partial charge is 0.328 e. The summed E-state index contributed by atoms with van der Waals surface area (Å²) in [7, 11) is 0. The molecule has 0 aliphatic rings. The molecule has 0 radical (unpaired) electrons. The van der Waals surface area contributed by atoms with Crippen LogP contribution in [0.25, 0.3) is 0 Å². The van der Waals surface area contributed by atoms with Crippen molar-refractivity contribution in [3.05, 3.63) is 28.5 Å². The second-order valence-electron chi connectivity index (χ2n) is 6.26. The number of halogens is 2. The van der Waals surface area contributed by atoms with E-state index in [1.54, 1.807) is 0 Å². The zero-order chi connectivity index (χ0) is 17.6. The molecule has 0 fully saturated rings. The molecule has 0 saturated carbocycles. The zero-order valence-corrected chi connectivity index (χ0v) is 15.4. The van der Waals surface area contributed by atoms with Crippen LogP contribution >= 0.6 is 15.9 Å². The molecule has 0 bridgehead atoms. The third-order valence-corrected chi connectivity index (χ3v) is 3.90. The van der Waals surface area contributed by atoms with Gasteiger partial charge in [0.15, 0.2) is 5.41 Å². The van der Waals surface area contributed by atoms with Crippen molar-refractivity contribution < 1.29 is 23.5 Å². The lowest BCUT2D eigenvalue weighted by atomic mass is 9.94. The first-order valence-electron chi connectivity index (χ1n) is 7.49. The first-order chi connectivity index (χ1) is 10.6. The maximum absolute atomic E-state index is 13.0. The Kier molecular flexibility index (Phi) is 7.19. The van der Waals surface area contributed by atoms with Gasteiger partial charge >= 0.3 is 11.9 Å². The van der Waals surface area contributed by atoms with E-state index in [0.717, 1.165) is 12.8 Å². The zero-order valence-electron chi connectivity index (χ0n) is 13.8. The second-order valence-corrected chi connectivity index (χ2v) is 7.12. The third-order valence-electron chi connectivity index (χ3n) is 3.28. The van der Waals surface area contributed by atoms with E-state index in [1.807, 2.05) is 0 Å². The summed E-state index contributed by atoms with van der Waals surface area (Å²) in [5.41, 5.74) is -1.44. The Morgan fingerprint density at radius 2 is 1.91 bits per heavy atom. The van der Waals surface area contributed by atoms with E-state index in [9.17, 15) is 14.0 Å². The van der Waals surface area contributed by atoms with Gasteiger partial charge in [-0.2, -0.15) is 0 Å². The molecule has 23 heavy (non-hydrogen) atoms. The van der Waals surface area contributed by atoms with Gasteiger partial charge in [-0.15, -0.1) is 0 Å². The van der Waals surface area contributed by atoms with Crippen molar-refractivity contribution >= 4 is 27.9 Å². The minimum Gasteiger partial charge on any atom is -0.465 e. The topological polar surface area (TPSA) is 52.6 Å². The summed E-state index contributed by atoms with van der Waals surface area (Å²) in [5.74, 6) is -1.16. The van der Waals surface area contributed by atoms with Gasteiger partial charge in [0.1, 0.15) is 11.6 Å². The molecule has 1 aromatic rings. The molecule has 0 N–H and O–H groups in total. The highest BCUT2D eigenvalue weighted by atomic mass is 79.9. The Bertz CT molecular complexity index is 570. The van der Waals surface area contributed by atoms with Gasteiger partial charge in [0.05, 0.1) is 11.1 Å². The van der Waals surface area contributed by atoms with Crippen LogP contribution in [0.1, 0.15) is 40.5 Å². The quantitative estimate of drug-likeness (QED) is 0.298. The van der Waals surface area contributed by atoms with Gasteiger partial charge in [0, 0.05) is 0 Å². The summed E-state index contributed by atoms with van der Waals surface area (Å²) in [4.78, 5) is 24.3. The Labute approximate surface area is 144 Å². The summed E-state index contributed by atoms with van der Waals surface area (Å²) in [6.45, 7) is 7.33. The lowest BCUT2D eigenvalue weighted by molar-refractivity contribution is -0.164. The van der Waals surface area contributed by atoms with Crippen LogP contribution in [-0.2, 0) is 14.3 Å². The SMILES string of the molecule is CC(C)CCCOC(=O)C(C)(C)C(=O)Oc1ccc(F)cc1Br. The van der Waals surface area contributed by atoms with Crippen molar-refractivity contribution in [3.63, 3.8) is 0 Å². The highest BCUT2D eigenvalue weighted by Gasteiger charge is 2.40. The highest BCUT2D eigenvalue weighted by Crippen LogP contribution is 2.29. The molecule has 0 amide bonds. The van der Waals surface area contributed by atoms with Crippen molar-refractivity contribution in [2.24, 2.45) is 11.3 Å². The molecular formula is C17H22BrFO4. The molecule has 0 aromatic heterocycles. The van der Waals surface area contributed by atoms with Crippen LogP contribution < -0.4 is 4.74 Å². The van der Waals surface area contributed by atoms with Crippen LogP contribution in [0.4, 0.5) is 4.39 Å². The molecule has 4 nitrogen and oxygen atoms in total. The fourth-order valence-electron chi connectivity index (χ4n) is 1.71. The standard InChI is InChI=1S/C17H22BrFO4/c1-11(2)6-5-9-22-15(20)17(3,4)16(21)23-14-8-7-12(19)10-13(14)18/h7-8,10-11H,5-6,9H2,1-4H3. The average molecular weight is 389 g/mol. The van der Waals surface area contributed by atoms with Crippen LogP contribution in [0.15, 0.2) is 22.7 Å². The summed E-state index contributed by atoms with van der Waals surface area (Å²) in [6.07, 6.45) is 1.69. The van der Waals surface area contributed by atoms with E-state index in [2.05, 4.69) is 29.8 Å². The molecule has 0 heterocycles. The fraction of sp³-hybridized carbons (Fsp3) is 0.529. The van der Waals surface area contributed by atoms with E-state index in [1.165, 1.54) is 32.0 Å². The van der Waals surface area contributed by atoms with E-state index in [0.29, 0.717) is 10.4 Å². The van der Waals surface area contributed by atoms with Gasteiger partial charge in [-0.05, 0) is 66.7 Å². The molecule has 0 unspecified atom stereocenters.